The van der Waals surface area contributed by atoms with Gasteiger partial charge in [-0.3, -0.25) is 4.79 Å². The van der Waals surface area contributed by atoms with Gasteiger partial charge >= 0.3 is 0 Å². The minimum atomic E-state index is -0.112. The van der Waals surface area contributed by atoms with E-state index in [1.165, 1.54) is 18.4 Å². The summed E-state index contributed by atoms with van der Waals surface area (Å²) in [6.07, 6.45) is 5.53. The Morgan fingerprint density at radius 1 is 1.21 bits per heavy atom. The minimum absolute atomic E-state index is 0. The molecule has 1 aromatic rings. The summed E-state index contributed by atoms with van der Waals surface area (Å²) in [6, 6.07) is 10.5. The van der Waals surface area contributed by atoms with Crippen LogP contribution >= 0.6 is 12.4 Å². The second kappa shape index (κ2) is 7.88. The zero-order chi connectivity index (χ0) is 16.4. The van der Waals surface area contributed by atoms with Crippen LogP contribution in [0.25, 0.3) is 0 Å². The molecule has 0 radical (unpaired) electrons. The van der Waals surface area contributed by atoms with Crippen LogP contribution in [0.5, 0.6) is 0 Å². The molecule has 3 rings (SSSR count). The number of nitrogens with zero attached hydrogens (tertiary/aromatic N) is 1. The van der Waals surface area contributed by atoms with Crippen molar-refractivity contribution in [3.8, 4) is 0 Å². The minimum Gasteiger partial charge on any atom is -0.340 e. The van der Waals surface area contributed by atoms with Crippen molar-refractivity contribution in [2.45, 2.75) is 57.9 Å². The molecule has 0 aromatic heterocycles. The van der Waals surface area contributed by atoms with Crippen LogP contribution in [0.1, 0.15) is 57.4 Å². The topological polar surface area (TPSA) is 46.3 Å². The van der Waals surface area contributed by atoms with Gasteiger partial charge in [-0.1, -0.05) is 57.0 Å². The Bertz CT molecular complexity index is 540. The smallest absolute Gasteiger partial charge is 0.228 e. The highest BCUT2D eigenvalue weighted by Gasteiger charge is 2.46. The summed E-state index contributed by atoms with van der Waals surface area (Å²) in [5.41, 5.74) is 7.54. The van der Waals surface area contributed by atoms with Gasteiger partial charge in [0.2, 0.25) is 5.91 Å². The van der Waals surface area contributed by atoms with Crippen molar-refractivity contribution in [3.63, 3.8) is 0 Å². The van der Waals surface area contributed by atoms with E-state index in [2.05, 4.69) is 43.0 Å². The van der Waals surface area contributed by atoms with Crippen molar-refractivity contribution < 1.29 is 4.79 Å². The molecule has 0 spiro atoms. The number of halogens is 1. The molecule has 134 valence electrons. The predicted octanol–water partition coefficient (Wildman–Crippen LogP) is 3.97. The number of benzene rings is 1. The molecule has 4 heteroatoms. The van der Waals surface area contributed by atoms with E-state index in [1.54, 1.807) is 0 Å². The molecule has 2 N–H and O–H groups in total. The summed E-state index contributed by atoms with van der Waals surface area (Å²) >= 11 is 0. The van der Waals surface area contributed by atoms with E-state index in [1.807, 2.05) is 6.07 Å². The van der Waals surface area contributed by atoms with Gasteiger partial charge in [-0.2, -0.15) is 0 Å². The first-order chi connectivity index (χ1) is 11.0. The SMILES string of the molecule is CC(C)CC1(C(=O)N2C[C@@H](N)[C@H](c3ccccc3)C2)CCCC1.Cl. The number of amides is 1. The van der Waals surface area contributed by atoms with E-state index in [9.17, 15) is 4.79 Å². The van der Waals surface area contributed by atoms with Crippen molar-refractivity contribution in [2.24, 2.45) is 17.1 Å². The molecular weight excluding hydrogens is 320 g/mol. The number of rotatable bonds is 4. The largest absolute Gasteiger partial charge is 0.340 e. The molecule has 1 amide bonds. The Morgan fingerprint density at radius 3 is 2.42 bits per heavy atom. The first-order valence-corrected chi connectivity index (χ1v) is 9.12. The first-order valence-electron chi connectivity index (χ1n) is 9.12. The molecule has 1 saturated heterocycles. The average Bonchev–Trinajstić information content (AvgIpc) is 3.14. The summed E-state index contributed by atoms with van der Waals surface area (Å²) in [6.45, 7) is 5.95. The van der Waals surface area contributed by atoms with Crippen molar-refractivity contribution in [1.29, 1.82) is 0 Å². The maximum absolute atomic E-state index is 13.3. The van der Waals surface area contributed by atoms with Crippen LogP contribution in [0.4, 0.5) is 0 Å². The molecule has 1 aromatic carbocycles. The number of likely N-dealkylation sites (tertiary alicyclic amines) is 1. The van der Waals surface area contributed by atoms with E-state index in [0.29, 0.717) is 18.4 Å². The van der Waals surface area contributed by atoms with Crippen LogP contribution in [0.15, 0.2) is 30.3 Å². The maximum atomic E-state index is 13.3. The van der Waals surface area contributed by atoms with E-state index in [-0.39, 0.29) is 29.8 Å². The molecule has 0 bridgehead atoms. The van der Waals surface area contributed by atoms with Crippen LogP contribution in [0, 0.1) is 11.3 Å². The lowest BCUT2D eigenvalue weighted by Gasteiger charge is -2.34. The van der Waals surface area contributed by atoms with Gasteiger partial charge in [0.25, 0.3) is 0 Å². The van der Waals surface area contributed by atoms with Crippen LogP contribution in [0.3, 0.4) is 0 Å². The summed E-state index contributed by atoms with van der Waals surface area (Å²) in [4.78, 5) is 15.4. The predicted molar refractivity (Wildman–Crippen MR) is 101 cm³/mol. The molecule has 24 heavy (non-hydrogen) atoms. The molecule has 2 fully saturated rings. The van der Waals surface area contributed by atoms with Crippen LogP contribution < -0.4 is 5.73 Å². The van der Waals surface area contributed by atoms with E-state index < -0.39 is 0 Å². The highest BCUT2D eigenvalue weighted by Crippen LogP contribution is 2.45. The van der Waals surface area contributed by atoms with Crippen LogP contribution in [0.2, 0.25) is 0 Å². The number of nitrogens with two attached hydrogens (primary N) is 1. The van der Waals surface area contributed by atoms with E-state index in [4.69, 9.17) is 5.73 Å². The molecule has 2 atom stereocenters. The fourth-order valence-corrected chi connectivity index (χ4v) is 4.72. The number of carbonyl (C=O) groups is 1. The lowest BCUT2D eigenvalue weighted by Crippen LogP contribution is -2.43. The van der Waals surface area contributed by atoms with Gasteiger partial charge < -0.3 is 10.6 Å². The van der Waals surface area contributed by atoms with Crippen molar-refractivity contribution in [1.82, 2.24) is 4.90 Å². The Kier molecular flexibility index (Phi) is 6.33. The monoisotopic (exact) mass is 350 g/mol. The maximum Gasteiger partial charge on any atom is 0.228 e. The zero-order valence-corrected chi connectivity index (χ0v) is 15.7. The average molecular weight is 351 g/mol. The highest BCUT2D eigenvalue weighted by atomic mass is 35.5. The van der Waals surface area contributed by atoms with Crippen molar-refractivity contribution in [2.75, 3.05) is 13.1 Å². The standard InChI is InChI=1S/C20H30N2O.ClH/c1-15(2)12-20(10-6-7-11-20)19(23)22-13-17(18(21)14-22)16-8-4-3-5-9-16;/h3-5,8-9,15,17-18H,6-7,10-14,21H2,1-2H3;1H/t17-,18+;/m0./s1. The molecule has 1 saturated carbocycles. The Labute approximate surface area is 152 Å². The third-order valence-corrected chi connectivity index (χ3v) is 5.69. The zero-order valence-electron chi connectivity index (χ0n) is 14.9. The molecule has 3 nitrogen and oxygen atoms in total. The second-order valence-corrected chi connectivity index (χ2v) is 7.98. The fourth-order valence-electron chi connectivity index (χ4n) is 4.72. The lowest BCUT2D eigenvalue weighted by molar-refractivity contribution is -0.142. The summed E-state index contributed by atoms with van der Waals surface area (Å²) in [7, 11) is 0. The Hall–Kier alpha value is -1.06. The van der Waals surface area contributed by atoms with Gasteiger partial charge in [0.1, 0.15) is 0 Å². The van der Waals surface area contributed by atoms with Gasteiger partial charge in [0, 0.05) is 30.5 Å². The van der Waals surface area contributed by atoms with Crippen molar-refractivity contribution in [3.05, 3.63) is 35.9 Å². The fraction of sp³-hybridized carbons (Fsp3) is 0.650. The van der Waals surface area contributed by atoms with Crippen LogP contribution in [-0.2, 0) is 4.79 Å². The quantitative estimate of drug-likeness (QED) is 0.893. The van der Waals surface area contributed by atoms with Gasteiger partial charge in [-0.15, -0.1) is 12.4 Å². The van der Waals surface area contributed by atoms with Gasteiger partial charge in [0.15, 0.2) is 0 Å². The molecule has 0 unspecified atom stereocenters. The summed E-state index contributed by atoms with van der Waals surface area (Å²) in [5, 5.41) is 0. The van der Waals surface area contributed by atoms with Gasteiger partial charge in [0.05, 0.1) is 0 Å². The third kappa shape index (κ3) is 3.78. The van der Waals surface area contributed by atoms with Crippen molar-refractivity contribution >= 4 is 18.3 Å². The second-order valence-electron chi connectivity index (χ2n) is 7.98. The Morgan fingerprint density at radius 2 is 1.83 bits per heavy atom. The normalized spacial score (nSPS) is 25.8. The first kappa shape index (κ1) is 19.3. The lowest BCUT2D eigenvalue weighted by atomic mass is 9.77. The number of hydrogen-bond acceptors (Lipinski definition) is 2. The Balaban J connectivity index is 0.00000208. The van der Waals surface area contributed by atoms with E-state index in [0.717, 1.165) is 25.8 Å². The molecule has 1 aliphatic heterocycles. The molecule has 1 heterocycles. The molecule has 1 aliphatic carbocycles. The molecular formula is C20H31ClN2O. The van der Waals surface area contributed by atoms with Crippen LogP contribution in [-0.4, -0.2) is 29.9 Å². The third-order valence-electron chi connectivity index (χ3n) is 5.69. The van der Waals surface area contributed by atoms with Gasteiger partial charge in [-0.25, -0.2) is 0 Å². The molecule has 2 aliphatic rings. The number of carbonyl (C=O) groups excluding carboxylic acids is 1. The summed E-state index contributed by atoms with van der Waals surface area (Å²) in [5.74, 6) is 1.22. The van der Waals surface area contributed by atoms with Gasteiger partial charge in [-0.05, 0) is 30.7 Å². The van der Waals surface area contributed by atoms with E-state index >= 15 is 0 Å². The highest BCUT2D eigenvalue weighted by molar-refractivity contribution is 5.85. The summed E-state index contributed by atoms with van der Waals surface area (Å²) < 4.78 is 0. The number of hydrogen-bond donors (Lipinski definition) is 1.